The summed E-state index contributed by atoms with van der Waals surface area (Å²) in [7, 11) is 3.26. The van der Waals surface area contributed by atoms with Crippen LogP contribution in [0.4, 0.5) is 5.69 Å². The molecular formula is C42H47N4O10P. The largest absolute Gasteiger partial charge is 0.497 e. The van der Waals surface area contributed by atoms with Crippen LogP contribution in [-0.4, -0.2) is 78.0 Å². The standard InChI is InChI=1S/C42H47N4O10P/c1-29(2)44(3)57(54-27-25-30-16-20-34(21-17-30)46(49)50)56-38-36(55-40(39(38)52-5)45-26-24-37(47)43-41(45)48)28-53-42(31-12-8-6-9-13-31,32-14-10-7-11-15-32)33-18-22-35(51-4)23-19-33/h6-24,26,29,36,38-40H,25,27-28H2,1-5H3,(H,43,47,48)/t36-,38-,39-,40-,57?/m1/s1. The van der Waals surface area contributed by atoms with E-state index < -0.39 is 54.8 Å². The fraction of sp³-hybridized carbons (Fsp3) is 0.333. The van der Waals surface area contributed by atoms with Gasteiger partial charge in [0, 0.05) is 37.5 Å². The number of H-pyrrole nitrogens is 1. The quantitative estimate of drug-likeness (QED) is 0.0442. The lowest BCUT2D eigenvalue weighted by Gasteiger charge is -2.38. The van der Waals surface area contributed by atoms with Crippen LogP contribution in [0.5, 0.6) is 5.75 Å². The Morgan fingerprint density at radius 1 is 0.877 bits per heavy atom. The Morgan fingerprint density at radius 2 is 1.49 bits per heavy atom. The lowest BCUT2D eigenvalue weighted by molar-refractivity contribution is -0.384. The number of hydrogen-bond acceptors (Lipinski definition) is 11. The maximum absolute atomic E-state index is 13.2. The fourth-order valence-electron chi connectivity index (χ4n) is 6.71. The summed E-state index contributed by atoms with van der Waals surface area (Å²) in [4.78, 5) is 38.3. The van der Waals surface area contributed by atoms with E-state index in [1.54, 1.807) is 19.2 Å². The lowest BCUT2D eigenvalue weighted by Crippen LogP contribution is -2.42. The Bertz CT molecular complexity index is 2130. The minimum Gasteiger partial charge on any atom is -0.497 e. The smallest absolute Gasteiger partial charge is 0.330 e. The van der Waals surface area contributed by atoms with Crippen molar-refractivity contribution in [1.29, 1.82) is 0 Å². The first-order valence-corrected chi connectivity index (χ1v) is 19.6. The number of hydrogen-bond donors (Lipinski definition) is 1. The predicted octanol–water partition coefficient (Wildman–Crippen LogP) is 6.59. The van der Waals surface area contributed by atoms with E-state index in [1.807, 2.05) is 110 Å². The predicted molar refractivity (Wildman–Crippen MR) is 215 cm³/mol. The van der Waals surface area contributed by atoms with Gasteiger partial charge in [-0.3, -0.25) is 24.5 Å². The molecule has 57 heavy (non-hydrogen) atoms. The monoisotopic (exact) mass is 798 g/mol. The van der Waals surface area contributed by atoms with Crippen LogP contribution in [0.15, 0.2) is 131 Å². The molecule has 0 radical (unpaired) electrons. The molecule has 0 aliphatic carbocycles. The average molecular weight is 799 g/mol. The number of aromatic amines is 1. The number of non-ortho nitro benzene ring substituents is 1. The summed E-state index contributed by atoms with van der Waals surface area (Å²) in [5.74, 6) is 0.690. The summed E-state index contributed by atoms with van der Waals surface area (Å²) >= 11 is 0. The van der Waals surface area contributed by atoms with Crippen LogP contribution < -0.4 is 16.0 Å². The highest BCUT2D eigenvalue weighted by atomic mass is 31.2. The van der Waals surface area contributed by atoms with Gasteiger partial charge in [0.15, 0.2) is 6.23 Å². The molecule has 1 unspecified atom stereocenters. The summed E-state index contributed by atoms with van der Waals surface area (Å²) in [5, 5.41) is 11.2. The first-order valence-electron chi connectivity index (χ1n) is 18.5. The van der Waals surface area contributed by atoms with E-state index in [9.17, 15) is 19.7 Å². The summed E-state index contributed by atoms with van der Waals surface area (Å²) < 4.78 is 42.1. The van der Waals surface area contributed by atoms with Gasteiger partial charge >= 0.3 is 5.69 Å². The second-order valence-corrected chi connectivity index (χ2v) is 15.3. The Labute approximate surface area is 332 Å². The Morgan fingerprint density at radius 3 is 2.04 bits per heavy atom. The van der Waals surface area contributed by atoms with E-state index in [-0.39, 0.29) is 24.9 Å². The Hall–Kier alpha value is -5.05. The molecule has 0 amide bonds. The van der Waals surface area contributed by atoms with E-state index >= 15 is 0 Å². The van der Waals surface area contributed by atoms with Crippen LogP contribution in [-0.2, 0) is 35.3 Å². The normalized spacial score (nSPS) is 18.9. The zero-order valence-electron chi connectivity index (χ0n) is 32.4. The number of rotatable bonds is 18. The van der Waals surface area contributed by atoms with E-state index in [0.29, 0.717) is 12.2 Å². The van der Waals surface area contributed by atoms with Gasteiger partial charge in [0.1, 0.15) is 29.7 Å². The van der Waals surface area contributed by atoms with Gasteiger partial charge < -0.3 is 28.0 Å². The molecule has 15 heteroatoms. The van der Waals surface area contributed by atoms with Gasteiger partial charge in [-0.1, -0.05) is 84.9 Å². The van der Waals surface area contributed by atoms with E-state index in [1.165, 1.54) is 36.1 Å². The molecule has 1 aliphatic rings. The summed E-state index contributed by atoms with van der Waals surface area (Å²) in [5.41, 5.74) is 1.09. The van der Waals surface area contributed by atoms with Crippen molar-refractivity contribution in [3.8, 4) is 5.75 Å². The number of aromatic nitrogens is 2. The highest BCUT2D eigenvalue weighted by Gasteiger charge is 2.51. The first-order chi connectivity index (χ1) is 27.5. The summed E-state index contributed by atoms with van der Waals surface area (Å²) in [6.07, 6.45) is -1.69. The molecule has 1 aliphatic heterocycles. The number of methoxy groups -OCH3 is 2. The lowest BCUT2D eigenvalue weighted by atomic mass is 9.80. The third kappa shape index (κ3) is 9.40. The van der Waals surface area contributed by atoms with Crippen molar-refractivity contribution in [2.45, 2.75) is 56.5 Å². The van der Waals surface area contributed by atoms with Gasteiger partial charge in [-0.2, -0.15) is 0 Å². The number of nitro groups is 1. The number of nitro benzene ring substituents is 1. The van der Waals surface area contributed by atoms with Gasteiger partial charge in [0.05, 0.1) is 25.2 Å². The molecule has 1 aromatic heterocycles. The van der Waals surface area contributed by atoms with Crippen molar-refractivity contribution in [2.24, 2.45) is 0 Å². The van der Waals surface area contributed by atoms with E-state index in [4.69, 9.17) is 28.0 Å². The third-order valence-electron chi connectivity index (χ3n) is 9.96. The fourth-order valence-corrected chi connectivity index (χ4v) is 8.20. The SMILES string of the molecule is COc1ccc(C(OC[C@H]2O[C@@H](n3ccc(=O)[nH]c3=O)[C@H](OC)[C@@H]2OP(OCCc2ccc([N+](=O)[O-])cc2)N(C)C(C)C)(c2ccccc2)c2ccccc2)cc1. The zero-order valence-corrected chi connectivity index (χ0v) is 33.3. The number of nitrogens with zero attached hydrogens (tertiary/aromatic N) is 3. The van der Waals surface area contributed by atoms with Crippen molar-refractivity contribution in [3.63, 3.8) is 0 Å². The molecule has 0 bridgehead atoms. The van der Waals surface area contributed by atoms with Crippen molar-refractivity contribution in [3.05, 3.63) is 175 Å². The number of ether oxygens (including phenoxy) is 4. The van der Waals surface area contributed by atoms with Crippen molar-refractivity contribution in [2.75, 3.05) is 34.5 Å². The summed E-state index contributed by atoms with van der Waals surface area (Å²) in [6, 6.07) is 35.1. The topological polar surface area (TPSA) is 157 Å². The van der Waals surface area contributed by atoms with Gasteiger partial charge in [-0.05, 0) is 61.7 Å². The number of benzene rings is 4. The van der Waals surface area contributed by atoms with Crippen molar-refractivity contribution >= 4 is 14.2 Å². The molecule has 5 atom stereocenters. The van der Waals surface area contributed by atoms with Crippen LogP contribution in [0, 0.1) is 10.1 Å². The van der Waals surface area contributed by atoms with E-state index in [0.717, 1.165) is 22.3 Å². The van der Waals surface area contributed by atoms with Gasteiger partial charge in [0.2, 0.25) is 0 Å². The molecule has 1 saturated heterocycles. The van der Waals surface area contributed by atoms with Crippen LogP contribution in [0.3, 0.4) is 0 Å². The van der Waals surface area contributed by atoms with Crippen LogP contribution in [0.25, 0.3) is 0 Å². The molecule has 1 N–H and O–H groups in total. The second-order valence-electron chi connectivity index (χ2n) is 13.7. The maximum atomic E-state index is 13.2. The molecule has 2 heterocycles. The molecule has 0 spiro atoms. The second kappa shape index (κ2) is 18.9. The first kappa shape index (κ1) is 41.6. The van der Waals surface area contributed by atoms with Crippen molar-refractivity contribution < 1.29 is 32.9 Å². The van der Waals surface area contributed by atoms with E-state index in [2.05, 4.69) is 4.98 Å². The molecule has 14 nitrogen and oxygen atoms in total. The highest BCUT2D eigenvalue weighted by Crippen LogP contribution is 2.49. The van der Waals surface area contributed by atoms with Crippen LogP contribution >= 0.6 is 8.53 Å². The Kier molecular flexibility index (Phi) is 13.8. The minimum absolute atomic E-state index is 0.00463. The molecule has 6 rings (SSSR count). The minimum atomic E-state index is -1.77. The van der Waals surface area contributed by atoms with Gasteiger partial charge in [0.25, 0.3) is 19.8 Å². The van der Waals surface area contributed by atoms with Gasteiger partial charge in [-0.25, -0.2) is 9.46 Å². The van der Waals surface area contributed by atoms with Crippen molar-refractivity contribution in [1.82, 2.24) is 14.2 Å². The molecule has 1 fully saturated rings. The molecular weight excluding hydrogens is 751 g/mol. The van der Waals surface area contributed by atoms with Gasteiger partial charge in [-0.15, -0.1) is 0 Å². The molecule has 300 valence electrons. The maximum Gasteiger partial charge on any atom is 0.330 e. The summed E-state index contributed by atoms with van der Waals surface area (Å²) in [6.45, 7) is 4.25. The highest BCUT2D eigenvalue weighted by molar-refractivity contribution is 7.44. The third-order valence-corrected chi connectivity index (χ3v) is 11.8. The van der Waals surface area contributed by atoms with Crippen LogP contribution in [0.1, 0.15) is 42.3 Å². The molecule has 5 aromatic rings. The Balaban J connectivity index is 1.38. The average Bonchev–Trinajstić information content (AvgIpc) is 3.57. The number of nitrogens with one attached hydrogen (secondary N) is 1. The molecule has 4 aromatic carbocycles. The molecule has 0 saturated carbocycles. The zero-order chi connectivity index (χ0) is 40.5. The van der Waals surface area contributed by atoms with Crippen LogP contribution in [0.2, 0.25) is 0 Å².